The molecule has 2 amide bonds. The minimum absolute atomic E-state index is 0.0159. The van der Waals surface area contributed by atoms with E-state index in [0.29, 0.717) is 6.42 Å². The van der Waals surface area contributed by atoms with Crippen LogP contribution in [0.3, 0.4) is 0 Å². The lowest BCUT2D eigenvalue weighted by molar-refractivity contribution is -0.139. The molecule has 1 heterocycles. The highest BCUT2D eigenvalue weighted by Crippen LogP contribution is 2.41. The third-order valence-electron chi connectivity index (χ3n) is 7.56. The minimum atomic E-state index is -4.55. The van der Waals surface area contributed by atoms with E-state index >= 15 is 0 Å². The summed E-state index contributed by atoms with van der Waals surface area (Å²) in [6.07, 6.45) is -3.81. The molecule has 0 aromatic heterocycles. The van der Waals surface area contributed by atoms with Crippen molar-refractivity contribution in [2.45, 2.75) is 83.5 Å². The number of nitrogens with one attached hydrogen (secondary N) is 1. The number of benzene rings is 1. The van der Waals surface area contributed by atoms with Crippen molar-refractivity contribution in [3.8, 4) is 0 Å². The first-order valence-corrected chi connectivity index (χ1v) is 14.6. The van der Waals surface area contributed by atoms with Crippen LogP contribution in [0.15, 0.2) is 29.2 Å². The molecule has 0 radical (unpaired) electrons. The van der Waals surface area contributed by atoms with E-state index in [1.165, 1.54) is 4.31 Å². The first kappa shape index (κ1) is 31.3. The summed E-state index contributed by atoms with van der Waals surface area (Å²) in [6.45, 7) is 11.8. The molecule has 2 N–H and O–H groups in total. The molecule has 0 spiro atoms. The van der Waals surface area contributed by atoms with Crippen LogP contribution in [-0.4, -0.2) is 65.9 Å². The Morgan fingerprint density at radius 3 is 2.13 bits per heavy atom. The van der Waals surface area contributed by atoms with Crippen molar-refractivity contribution < 1.29 is 36.3 Å². The van der Waals surface area contributed by atoms with Gasteiger partial charge in [-0.2, -0.15) is 17.5 Å². The lowest BCUT2D eigenvalue weighted by atomic mass is 9.83. The average Bonchev–Trinajstić information content (AvgIpc) is 3.36. The Bertz CT molecular complexity index is 1160. The summed E-state index contributed by atoms with van der Waals surface area (Å²) < 4.78 is 66.5. The molecule has 1 saturated carbocycles. The number of sulfonamides is 1. The van der Waals surface area contributed by atoms with Crippen molar-refractivity contribution in [2.24, 2.45) is 23.2 Å². The second-order valence-electron chi connectivity index (χ2n) is 12.9. The van der Waals surface area contributed by atoms with E-state index in [1.54, 1.807) is 20.8 Å². The zero-order chi connectivity index (χ0) is 29.6. The van der Waals surface area contributed by atoms with Crippen LogP contribution in [0, 0.1) is 23.2 Å². The minimum Gasteiger partial charge on any atom is -0.465 e. The Hall–Kier alpha value is -2.18. The zero-order valence-corrected chi connectivity index (χ0v) is 24.2. The molecule has 4 atom stereocenters. The lowest BCUT2D eigenvalue weighted by Crippen LogP contribution is -2.53. The second kappa shape index (κ2) is 11.0. The van der Waals surface area contributed by atoms with Crippen molar-refractivity contribution in [3.63, 3.8) is 0 Å². The first-order valence-electron chi connectivity index (χ1n) is 13.2. The standard InChI is InChI=1S/C27H40F3N3O5S/c1-25(2,3)13-18(23(34)33(24(35)36)26(4,5)6)14-31-22-12-7-17-15-32(16-21(17)22)39(37,38)20-10-8-19(9-11-20)27(28,29)30/h8-11,17-18,21-22,31H,7,12-16H2,1-6H3,(H,35,36)/t17-,18?,21+,22+/m0/s1. The smallest absolute Gasteiger partial charge is 0.416 e. The van der Waals surface area contributed by atoms with Crippen LogP contribution in [0.5, 0.6) is 0 Å². The molecule has 2 fully saturated rings. The Morgan fingerprint density at radius 1 is 1.05 bits per heavy atom. The molecule has 39 heavy (non-hydrogen) atoms. The molecule has 220 valence electrons. The number of rotatable bonds is 7. The van der Waals surface area contributed by atoms with E-state index in [4.69, 9.17) is 0 Å². The molecular weight excluding hydrogens is 535 g/mol. The van der Waals surface area contributed by atoms with Gasteiger partial charge in [-0.3, -0.25) is 4.79 Å². The number of nitrogens with zero attached hydrogens (tertiary/aromatic N) is 2. The number of fused-ring (bicyclic) bond motifs is 1. The van der Waals surface area contributed by atoms with Crippen LogP contribution in [-0.2, 0) is 21.0 Å². The van der Waals surface area contributed by atoms with Crippen LogP contribution in [0.25, 0.3) is 0 Å². The fourth-order valence-corrected chi connectivity index (χ4v) is 7.35. The average molecular weight is 576 g/mol. The van der Waals surface area contributed by atoms with Gasteiger partial charge in [0.2, 0.25) is 15.9 Å². The zero-order valence-electron chi connectivity index (χ0n) is 23.4. The summed E-state index contributed by atoms with van der Waals surface area (Å²) in [5.74, 6) is -0.982. The van der Waals surface area contributed by atoms with Gasteiger partial charge in [0.05, 0.1) is 16.4 Å². The molecule has 2 aliphatic rings. The van der Waals surface area contributed by atoms with Crippen molar-refractivity contribution in [2.75, 3.05) is 19.6 Å². The SMILES string of the molecule is CC(C)(C)CC(CN[C@@H]1CC[C@H]2CN(S(=O)(=O)c3ccc(C(F)(F)F)cc3)C[C@H]21)C(=O)N(C(=O)O)C(C)(C)C. The van der Waals surface area contributed by atoms with Gasteiger partial charge in [0.1, 0.15) is 0 Å². The Labute approximate surface area is 229 Å². The fourth-order valence-electron chi connectivity index (χ4n) is 5.81. The van der Waals surface area contributed by atoms with Crippen LogP contribution in [0.1, 0.15) is 66.4 Å². The summed E-state index contributed by atoms with van der Waals surface area (Å²) in [4.78, 5) is 26.1. The first-order chi connectivity index (χ1) is 17.7. The number of carboxylic acid groups (broad SMARTS) is 1. The van der Waals surface area contributed by atoms with Gasteiger partial charge >= 0.3 is 12.3 Å². The Balaban J connectivity index is 1.72. The Morgan fingerprint density at radius 2 is 1.64 bits per heavy atom. The Kier molecular flexibility index (Phi) is 8.85. The normalized spacial score (nSPS) is 23.5. The van der Waals surface area contributed by atoms with Gasteiger partial charge in [-0.25, -0.2) is 18.1 Å². The number of carbonyl (C=O) groups is 2. The van der Waals surface area contributed by atoms with Gasteiger partial charge in [-0.15, -0.1) is 0 Å². The summed E-state index contributed by atoms with van der Waals surface area (Å²) >= 11 is 0. The molecule has 0 bridgehead atoms. The van der Waals surface area contributed by atoms with Crippen LogP contribution < -0.4 is 5.32 Å². The predicted octanol–water partition coefficient (Wildman–Crippen LogP) is 5.05. The maximum atomic E-state index is 13.4. The van der Waals surface area contributed by atoms with Crippen molar-refractivity contribution in [1.82, 2.24) is 14.5 Å². The second-order valence-corrected chi connectivity index (χ2v) is 14.9. The largest absolute Gasteiger partial charge is 0.465 e. The van der Waals surface area contributed by atoms with Gasteiger partial charge in [-0.1, -0.05) is 20.8 Å². The highest BCUT2D eigenvalue weighted by molar-refractivity contribution is 7.89. The molecule has 1 unspecified atom stereocenters. The third kappa shape index (κ3) is 7.32. The number of amides is 2. The molecule has 1 aliphatic heterocycles. The topological polar surface area (TPSA) is 107 Å². The quantitative estimate of drug-likeness (QED) is 0.471. The summed E-state index contributed by atoms with van der Waals surface area (Å²) in [5, 5.41) is 13.2. The number of halogens is 3. The molecule has 1 aliphatic carbocycles. The molecule has 1 aromatic carbocycles. The number of hydrogen-bond acceptors (Lipinski definition) is 5. The van der Waals surface area contributed by atoms with Crippen LogP contribution in [0.2, 0.25) is 0 Å². The molecule has 1 saturated heterocycles. The summed E-state index contributed by atoms with van der Waals surface area (Å²) in [7, 11) is -3.96. The van der Waals surface area contributed by atoms with Gasteiger partial charge in [0.25, 0.3) is 0 Å². The predicted molar refractivity (Wildman–Crippen MR) is 140 cm³/mol. The maximum Gasteiger partial charge on any atom is 0.416 e. The van der Waals surface area contributed by atoms with Crippen LogP contribution >= 0.6 is 0 Å². The van der Waals surface area contributed by atoms with E-state index in [2.05, 4.69) is 5.32 Å². The molecule has 12 heteroatoms. The highest BCUT2D eigenvalue weighted by atomic mass is 32.2. The van der Waals surface area contributed by atoms with E-state index in [-0.39, 0.29) is 47.8 Å². The fraction of sp³-hybridized carbons (Fsp3) is 0.704. The third-order valence-corrected chi connectivity index (χ3v) is 9.41. The number of carbonyl (C=O) groups excluding carboxylic acids is 1. The van der Waals surface area contributed by atoms with E-state index in [9.17, 15) is 36.3 Å². The van der Waals surface area contributed by atoms with Gasteiger partial charge in [0.15, 0.2) is 0 Å². The van der Waals surface area contributed by atoms with Crippen molar-refractivity contribution in [1.29, 1.82) is 0 Å². The summed E-state index contributed by atoms with van der Waals surface area (Å²) in [6, 6.07) is 3.48. The maximum absolute atomic E-state index is 13.4. The summed E-state index contributed by atoms with van der Waals surface area (Å²) in [5.41, 5.74) is -2.05. The molecular formula is C27H40F3N3O5S. The number of alkyl halides is 3. The number of hydrogen-bond donors (Lipinski definition) is 2. The monoisotopic (exact) mass is 575 g/mol. The van der Waals surface area contributed by atoms with E-state index in [1.807, 2.05) is 20.8 Å². The highest BCUT2D eigenvalue weighted by Gasteiger charge is 2.47. The van der Waals surface area contributed by atoms with Crippen molar-refractivity contribution >= 4 is 22.0 Å². The van der Waals surface area contributed by atoms with Gasteiger partial charge in [0, 0.05) is 31.2 Å². The molecule has 8 nitrogen and oxygen atoms in total. The lowest BCUT2D eigenvalue weighted by Gasteiger charge is -2.36. The van der Waals surface area contributed by atoms with Crippen molar-refractivity contribution in [3.05, 3.63) is 29.8 Å². The van der Waals surface area contributed by atoms with E-state index in [0.717, 1.165) is 42.0 Å². The van der Waals surface area contributed by atoms with Crippen LogP contribution in [0.4, 0.5) is 18.0 Å². The van der Waals surface area contributed by atoms with Gasteiger partial charge in [-0.05, 0) is 81.5 Å². The molecule has 1 aromatic rings. The number of imide groups is 1. The molecule has 3 rings (SSSR count). The van der Waals surface area contributed by atoms with E-state index < -0.39 is 45.2 Å². The van der Waals surface area contributed by atoms with Gasteiger partial charge < -0.3 is 10.4 Å².